The van der Waals surface area contributed by atoms with Crippen molar-refractivity contribution in [1.82, 2.24) is 0 Å². The lowest BCUT2D eigenvalue weighted by atomic mass is 9.98. The molecule has 1 aliphatic heterocycles. The molecule has 108 valence electrons. The standard InChI is InChI=1S/C14H18N2O3S/c15-10-1-2-12(11(8-10)14(18)19)16-13(17)7-9-3-5-20-6-4-9/h1-2,8-9H,3-7,15H2,(H,16,17)(H,18,19). The minimum atomic E-state index is -1.10. The van der Waals surface area contributed by atoms with Crippen molar-refractivity contribution < 1.29 is 14.7 Å². The molecule has 0 aromatic heterocycles. The molecule has 0 unspecified atom stereocenters. The van der Waals surface area contributed by atoms with E-state index in [1.165, 1.54) is 12.1 Å². The second-order valence-electron chi connectivity index (χ2n) is 4.92. The van der Waals surface area contributed by atoms with Crippen molar-refractivity contribution in [3.05, 3.63) is 23.8 Å². The maximum Gasteiger partial charge on any atom is 0.337 e. The van der Waals surface area contributed by atoms with Gasteiger partial charge in [-0.15, -0.1) is 0 Å². The molecule has 1 aromatic rings. The molecule has 1 heterocycles. The summed E-state index contributed by atoms with van der Waals surface area (Å²) in [7, 11) is 0. The summed E-state index contributed by atoms with van der Waals surface area (Å²) >= 11 is 1.91. The Morgan fingerprint density at radius 3 is 2.70 bits per heavy atom. The minimum Gasteiger partial charge on any atom is -0.478 e. The maximum absolute atomic E-state index is 12.0. The summed E-state index contributed by atoms with van der Waals surface area (Å²) < 4.78 is 0. The van der Waals surface area contributed by atoms with Crippen LogP contribution in [0.5, 0.6) is 0 Å². The number of hydrogen-bond acceptors (Lipinski definition) is 4. The Kier molecular flexibility index (Phi) is 4.89. The summed E-state index contributed by atoms with van der Waals surface area (Å²) in [4.78, 5) is 23.1. The molecule has 1 aromatic carbocycles. The van der Waals surface area contributed by atoms with Crippen molar-refractivity contribution in [2.45, 2.75) is 19.3 Å². The van der Waals surface area contributed by atoms with Gasteiger partial charge in [0.25, 0.3) is 0 Å². The summed E-state index contributed by atoms with van der Waals surface area (Å²) in [5.74, 6) is 1.37. The summed E-state index contributed by atoms with van der Waals surface area (Å²) in [5, 5.41) is 11.8. The fourth-order valence-corrected chi connectivity index (χ4v) is 3.47. The molecule has 0 radical (unpaired) electrons. The minimum absolute atomic E-state index is 0.0255. The van der Waals surface area contributed by atoms with E-state index in [-0.39, 0.29) is 11.5 Å². The zero-order valence-electron chi connectivity index (χ0n) is 11.1. The van der Waals surface area contributed by atoms with Crippen molar-refractivity contribution in [3.63, 3.8) is 0 Å². The third-order valence-corrected chi connectivity index (χ3v) is 4.41. The van der Waals surface area contributed by atoms with Gasteiger partial charge in [0, 0.05) is 12.1 Å². The molecule has 6 heteroatoms. The SMILES string of the molecule is Nc1ccc(NC(=O)CC2CCSCC2)c(C(=O)O)c1. The van der Waals surface area contributed by atoms with E-state index in [1.54, 1.807) is 6.07 Å². The van der Waals surface area contributed by atoms with Gasteiger partial charge in [0.05, 0.1) is 11.3 Å². The van der Waals surface area contributed by atoms with Gasteiger partial charge in [0.15, 0.2) is 0 Å². The highest BCUT2D eigenvalue weighted by Crippen LogP contribution is 2.26. The number of nitrogens with two attached hydrogens (primary N) is 1. The van der Waals surface area contributed by atoms with Gasteiger partial charge in [-0.2, -0.15) is 11.8 Å². The van der Waals surface area contributed by atoms with Gasteiger partial charge in [-0.25, -0.2) is 4.79 Å². The van der Waals surface area contributed by atoms with Gasteiger partial charge in [-0.05, 0) is 48.5 Å². The Morgan fingerprint density at radius 2 is 2.05 bits per heavy atom. The lowest BCUT2D eigenvalue weighted by molar-refractivity contribution is -0.117. The Hall–Kier alpha value is -1.69. The quantitative estimate of drug-likeness (QED) is 0.742. The first-order valence-electron chi connectivity index (χ1n) is 6.56. The van der Waals surface area contributed by atoms with Crippen LogP contribution in [-0.4, -0.2) is 28.5 Å². The van der Waals surface area contributed by atoms with Crippen molar-refractivity contribution >= 4 is 35.0 Å². The van der Waals surface area contributed by atoms with Crippen LogP contribution in [0.1, 0.15) is 29.6 Å². The molecule has 0 bridgehead atoms. The van der Waals surface area contributed by atoms with Gasteiger partial charge < -0.3 is 16.2 Å². The highest BCUT2D eigenvalue weighted by Gasteiger charge is 2.19. The molecular formula is C14H18N2O3S. The molecule has 1 amide bonds. The second-order valence-corrected chi connectivity index (χ2v) is 6.14. The van der Waals surface area contributed by atoms with Gasteiger partial charge >= 0.3 is 5.97 Å². The molecule has 4 N–H and O–H groups in total. The van der Waals surface area contributed by atoms with E-state index < -0.39 is 5.97 Å². The third kappa shape index (κ3) is 3.90. The predicted octanol–water partition coefficient (Wildman–Crippen LogP) is 2.44. The van der Waals surface area contributed by atoms with Crippen LogP contribution >= 0.6 is 11.8 Å². The number of anilines is 2. The molecular weight excluding hydrogens is 276 g/mol. The number of carbonyl (C=O) groups is 2. The number of amides is 1. The van der Waals surface area contributed by atoms with Crippen molar-refractivity contribution in [2.24, 2.45) is 5.92 Å². The molecule has 0 saturated carbocycles. The van der Waals surface area contributed by atoms with Crippen LogP contribution < -0.4 is 11.1 Å². The Bertz CT molecular complexity index is 513. The number of nitrogen functional groups attached to an aromatic ring is 1. The highest BCUT2D eigenvalue weighted by molar-refractivity contribution is 7.99. The second kappa shape index (κ2) is 6.65. The highest BCUT2D eigenvalue weighted by atomic mass is 32.2. The lowest BCUT2D eigenvalue weighted by Crippen LogP contribution is -2.20. The predicted molar refractivity (Wildman–Crippen MR) is 81.1 cm³/mol. The number of rotatable bonds is 4. The topological polar surface area (TPSA) is 92.4 Å². The van der Waals surface area contributed by atoms with Crippen LogP contribution in [0.4, 0.5) is 11.4 Å². The first-order valence-corrected chi connectivity index (χ1v) is 7.72. The zero-order chi connectivity index (χ0) is 14.5. The molecule has 0 spiro atoms. The number of hydrogen-bond donors (Lipinski definition) is 3. The average molecular weight is 294 g/mol. The molecule has 20 heavy (non-hydrogen) atoms. The van der Waals surface area contributed by atoms with Gasteiger partial charge in [-0.1, -0.05) is 0 Å². The van der Waals surface area contributed by atoms with E-state index in [9.17, 15) is 9.59 Å². The zero-order valence-corrected chi connectivity index (χ0v) is 11.9. The smallest absolute Gasteiger partial charge is 0.337 e. The fraction of sp³-hybridized carbons (Fsp3) is 0.429. The summed E-state index contributed by atoms with van der Waals surface area (Å²) in [6.45, 7) is 0. The number of carboxylic acids is 1. The molecule has 0 atom stereocenters. The summed E-state index contributed by atoms with van der Waals surface area (Å²) in [5.41, 5.74) is 6.27. The summed E-state index contributed by atoms with van der Waals surface area (Å²) in [6, 6.07) is 4.47. The Balaban J connectivity index is 2.01. The number of benzene rings is 1. The van der Waals surface area contributed by atoms with Crippen molar-refractivity contribution in [1.29, 1.82) is 0 Å². The van der Waals surface area contributed by atoms with Gasteiger partial charge in [0.2, 0.25) is 5.91 Å². The molecule has 5 nitrogen and oxygen atoms in total. The Morgan fingerprint density at radius 1 is 1.35 bits per heavy atom. The van der Waals surface area contributed by atoms with E-state index in [0.29, 0.717) is 23.7 Å². The third-order valence-electron chi connectivity index (χ3n) is 3.36. The van der Waals surface area contributed by atoms with Crippen LogP contribution in [0.15, 0.2) is 18.2 Å². The van der Waals surface area contributed by atoms with Crippen LogP contribution in [-0.2, 0) is 4.79 Å². The van der Waals surface area contributed by atoms with Crippen molar-refractivity contribution in [3.8, 4) is 0 Å². The average Bonchev–Trinajstić information content (AvgIpc) is 2.41. The van der Waals surface area contributed by atoms with E-state index in [0.717, 1.165) is 24.3 Å². The van der Waals surface area contributed by atoms with Crippen molar-refractivity contribution in [2.75, 3.05) is 22.6 Å². The molecule has 1 aliphatic rings. The molecule has 0 aliphatic carbocycles. The van der Waals surface area contributed by atoms with E-state index >= 15 is 0 Å². The Labute approximate surface area is 121 Å². The first kappa shape index (κ1) is 14.7. The lowest BCUT2D eigenvalue weighted by Gasteiger charge is -2.20. The molecule has 1 fully saturated rings. The summed E-state index contributed by atoms with van der Waals surface area (Å²) in [6.07, 6.45) is 2.54. The number of carbonyl (C=O) groups excluding carboxylic acids is 1. The normalized spacial score (nSPS) is 15.8. The number of thioether (sulfide) groups is 1. The van der Waals surface area contributed by atoms with Crippen LogP contribution in [0.2, 0.25) is 0 Å². The number of nitrogens with one attached hydrogen (secondary N) is 1. The molecule has 2 rings (SSSR count). The van der Waals surface area contributed by atoms with Gasteiger partial charge in [-0.3, -0.25) is 4.79 Å². The van der Waals surface area contributed by atoms with Crippen LogP contribution in [0.25, 0.3) is 0 Å². The number of aromatic carboxylic acids is 1. The van der Waals surface area contributed by atoms with E-state index in [2.05, 4.69) is 5.32 Å². The largest absolute Gasteiger partial charge is 0.478 e. The van der Waals surface area contributed by atoms with E-state index in [4.69, 9.17) is 10.8 Å². The monoisotopic (exact) mass is 294 g/mol. The van der Waals surface area contributed by atoms with Crippen LogP contribution in [0.3, 0.4) is 0 Å². The van der Waals surface area contributed by atoms with Crippen LogP contribution in [0, 0.1) is 5.92 Å². The fourth-order valence-electron chi connectivity index (χ4n) is 2.26. The maximum atomic E-state index is 12.0. The number of carboxylic acid groups (broad SMARTS) is 1. The molecule has 1 saturated heterocycles. The first-order chi connectivity index (χ1) is 9.56. The van der Waals surface area contributed by atoms with Gasteiger partial charge in [0.1, 0.15) is 0 Å². The van der Waals surface area contributed by atoms with E-state index in [1.807, 2.05) is 11.8 Å².